The summed E-state index contributed by atoms with van der Waals surface area (Å²) < 4.78 is 5.18. The van der Waals surface area contributed by atoms with Crippen LogP contribution in [0.3, 0.4) is 0 Å². The van der Waals surface area contributed by atoms with Gasteiger partial charge in [-0.3, -0.25) is 4.90 Å². The Morgan fingerprint density at radius 3 is 2.53 bits per heavy atom. The molecule has 0 aromatic carbocycles. The molecule has 1 rings (SSSR count). The highest BCUT2D eigenvalue weighted by molar-refractivity contribution is 4.89. The van der Waals surface area contributed by atoms with Crippen molar-refractivity contribution in [2.24, 2.45) is 5.92 Å². The average Bonchev–Trinajstić information content (AvgIpc) is 3.02. The molecule has 0 radical (unpaired) electrons. The van der Waals surface area contributed by atoms with E-state index in [4.69, 9.17) is 4.74 Å². The molecule has 0 heterocycles. The third-order valence-corrected chi connectivity index (χ3v) is 3.44. The molecule has 1 aliphatic carbocycles. The fraction of sp³-hybridized carbons (Fsp3) is 1.00. The monoisotopic (exact) mass is 214 g/mol. The van der Waals surface area contributed by atoms with Crippen LogP contribution in [0.15, 0.2) is 0 Å². The summed E-state index contributed by atoms with van der Waals surface area (Å²) in [6.07, 6.45) is 2.75. The maximum absolute atomic E-state index is 5.18. The minimum atomic E-state index is 0.653. The molecule has 3 heteroatoms. The first-order chi connectivity index (χ1) is 7.20. The number of ether oxygens (including phenoxy) is 1. The van der Waals surface area contributed by atoms with Crippen molar-refractivity contribution < 1.29 is 4.74 Å². The van der Waals surface area contributed by atoms with Crippen molar-refractivity contribution in [3.63, 3.8) is 0 Å². The fourth-order valence-corrected chi connectivity index (χ4v) is 2.14. The van der Waals surface area contributed by atoms with Crippen LogP contribution < -0.4 is 5.32 Å². The van der Waals surface area contributed by atoms with E-state index in [1.807, 2.05) is 7.05 Å². The van der Waals surface area contributed by atoms with Crippen LogP contribution in [-0.2, 0) is 4.74 Å². The zero-order chi connectivity index (χ0) is 11.3. The van der Waals surface area contributed by atoms with Crippen LogP contribution in [0.5, 0.6) is 0 Å². The lowest BCUT2D eigenvalue weighted by molar-refractivity contribution is 0.0980. The van der Waals surface area contributed by atoms with E-state index in [0.29, 0.717) is 12.0 Å². The minimum absolute atomic E-state index is 0.653. The van der Waals surface area contributed by atoms with Gasteiger partial charge in [-0.25, -0.2) is 0 Å². The molecule has 2 unspecified atom stereocenters. The van der Waals surface area contributed by atoms with Gasteiger partial charge in [0.2, 0.25) is 0 Å². The first-order valence-electron chi connectivity index (χ1n) is 6.10. The van der Waals surface area contributed by atoms with Crippen LogP contribution in [0, 0.1) is 5.92 Å². The van der Waals surface area contributed by atoms with Crippen molar-refractivity contribution in [3.8, 4) is 0 Å². The Morgan fingerprint density at radius 1 is 1.40 bits per heavy atom. The molecule has 1 saturated carbocycles. The van der Waals surface area contributed by atoms with Crippen LogP contribution in [0.25, 0.3) is 0 Å². The Hall–Kier alpha value is -0.120. The molecule has 0 aromatic heterocycles. The number of hydrogen-bond acceptors (Lipinski definition) is 3. The maximum Gasteiger partial charge on any atom is 0.0589 e. The molecular weight excluding hydrogens is 188 g/mol. The molecule has 2 atom stereocenters. The summed E-state index contributed by atoms with van der Waals surface area (Å²) in [6.45, 7) is 7.69. The summed E-state index contributed by atoms with van der Waals surface area (Å²) in [5, 5.41) is 3.26. The van der Waals surface area contributed by atoms with Crippen molar-refractivity contribution in [1.82, 2.24) is 10.2 Å². The second kappa shape index (κ2) is 6.46. The van der Waals surface area contributed by atoms with E-state index < -0.39 is 0 Å². The molecule has 0 saturated heterocycles. The molecule has 15 heavy (non-hydrogen) atoms. The second-order valence-corrected chi connectivity index (χ2v) is 4.74. The molecule has 1 aliphatic rings. The van der Waals surface area contributed by atoms with Gasteiger partial charge in [0.25, 0.3) is 0 Å². The third-order valence-electron chi connectivity index (χ3n) is 3.44. The molecule has 0 amide bonds. The quantitative estimate of drug-likeness (QED) is 0.660. The maximum atomic E-state index is 5.18. The van der Waals surface area contributed by atoms with Crippen molar-refractivity contribution >= 4 is 0 Å². The Labute approximate surface area is 94.2 Å². The SMILES string of the molecule is CNCC(C)C(C)N(CCOC)C1CC1. The van der Waals surface area contributed by atoms with Gasteiger partial charge in [-0.05, 0) is 39.3 Å². The molecule has 0 aromatic rings. The highest BCUT2D eigenvalue weighted by Crippen LogP contribution is 2.30. The van der Waals surface area contributed by atoms with Gasteiger partial charge in [-0.15, -0.1) is 0 Å². The van der Waals surface area contributed by atoms with Crippen molar-refractivity contribution in [3.05, 3.63) is 0 Å². The normalized spacial score (nSPS) is 20.6. The van der Waals surface area contributed by atoms with Crippen molar-refractivity contribution in [1.29, 1.82) is 0 Å². The summed E-state index contributed by atoms with van der Waals surface area (Å²) in [6, 6.07) is 1.48. The summed E-state index contributed by atoms with van der Waals surface area (Å²) in [4.78, 5) is 2.62. The van der Waals surface area contributed by atoms with Crippen LogP contribution in [0.1, 0.15) is 26.7 Å². The Bertz CT molecular complexity index is 171. The minimum Gasteiger partial charge on any atom is -0.383 e. The molecule has 1 N–H and O–H groups in total. The van der Waals surface area contributed by atoms with Gasteiger partial charge >= 0.3 is 0 Å². The largest absolute Gasteiger partial charge is 0.383 e. The first-order valence-corrected chi connectivity index (χ1v) is 6.10. The molecule has 0 aliphatic heterocycles. The van der Waals surface area contributed by atoms with E-state index in [2.05, 4.69) is 24.1 Å². The van der Waals surface area contributed by atoms with E-state index >= 15 is 0 Å². The van der Waals surface area contributed by atoms with E-state index in [1.54, 1.807) is 7.11 Å². The number of methoxy groups -OCH3 is 1. The highest BCUT2D eigenvalue weighted by atomic mass is 16.5. The van der Waals surface area contributed by atoms with Crippen LogP contribution in [-0.4, -0.2) is 50.8 Å². The zero-order valence-electron chi connectivity index (χ0n) is 10.6. The standard InChI is InChI=1S/C12H26N2O/c1-10(9-13-3)11(2)14(7-8-15-4)12-5-6-12/h10-13H,5-9H2,1-4H3. The Kier molecular flexibility index (Phi) is 5.58. The van der Waals surface area contributed by atoms with Gasteiger partial charge in [0.1, 0.15) is 0 Å². The summed E-state index contributed by atoms with van der Waals surface area (Å²) >= 11 is 0. The summed E-state index contributed by atoms with van der Waals surface area (Å²) in [7, 11) is 3.81. The molecule has 90 valence electrons. The lowest BCUT2D eigenvalue weighted by Gasteiger charge is -2.33. The third kappa shape index (κ3) is 4.09. The smallest absolute Gasteiger partial charge is 0.0589 e. The lowest BCUT2D eigenvalue weighted by Crippen LogP contribution is -2.43. The molecule has 0 bridgehead atoms. The highest BCUT2D eigenvalue weighted by Gasteiger charge is 2.33. The topological polar surface area (TPSA) is 24.5 Å². The summed E-state index contributed by atoms with van der Waals surface area (Å²) in [5.74, 6) is 0.701. The Morgan fingerprint density at radius 2 is 2.07 bits per heavy atom. The Balaban J connectivity index is 2.39. The molecule has 1 fully saturated rings. The van der Waals surface area contributed by atoms with Gasteiger partial charge in [0.05, 0.1) is 6.61 Å². The number of nitrogens with one attached hydrogen (secondary N) is 1. The van der Waals surface area contributed by atoms with Gasteiger partial charge < -0.3 is 10.1 Å². The number of rotatable bonds is 8. The van der Waals surface area contributed by atoms with Gasteiger partial charge in [-0.2, -0.15) is 0 Å². The van der Waals surface area contributed by atoms with Crippen molar-refractivity contribution in [2.75, 3.05) is 33.9 Å². The molecule has 0 spiro atoms. The second-order valence-electron chi connectivity index (χ2n) is 4.74. The predicted molar refractivity (Wildman–Crippen MR) is 64.2 cm³/mol. The average molecular weight is 214 g/mol. The lowest BCUT2D eigenvalue weighted by atomic mass is 10.0. The zero-order valence-corrected chi connectivity index (χ0v) is 10.6. The summed E-state index contributed by atoms with van der Waals surface area (Å²) in [5.41, 5.74) is 0. The number of hydrogen-bond donors (Lipinski definition) is 1. The first kappa shape index (κ1) is 12.9. The number of nitrogens with zero attached hydrogens (tertiary/aromatic N) is 1. The van der Waals surface area contributed by atoms with Crippen LogP contribution >= 0.6 is 0 Å². The molecular formula is C12H26N2O. The van der Waals surface area contributed by atoms with Gasteiger partial charge in [-0.1, -0.05) is 6.92 Å². The molecule has 3 nitrogen and oxygen atoms in total. The van der Waals surface area contributed by atoms with E-state index in [1.165, 1.54) is 12.8 Å². The van der Waals surface area contributed by atoms with Crippen LogP contribution in [0.2, 0.25) is 0 Å². The van der Waals surface area contributed by atoms with E-state index in [9.17, 15) is 0 Å². The van der Waals surface area contributed by atoms with Crippen LogP contribution in [0.4, 0.5) is 0 Å². The van der Waals surface area contributed by atoms with Gasteiger partial charge in [0.15, 0.2) is 0 Å². The van der Waals surface area contributed by atoms with E-state index in [0.717, 1.165) is 25.7 Å². The predicted octanol–water partition coefficient (Wildman–Crippen LogP) is 1.34. The van der Waals surface area contributed by atoms with Gasteiger partial charge in [0, 0.05) is 25.7 Å². The van der Waals surface area contributed by atoms with E-state index in [-0.39, 0.29) is 0 Å². The van der Waals surface area contributed by atoms with Crippen molar-refractivity contribution in [2.45, 2.75) is 38.8 Å². The fourth-order valence-electron chi connectivity index (χ4n) is 2.14.